The molecule has 0 saturated carbocycles. The molecule has 1 N–H and O–H groups in total. The fraction of sp³-hybridized carbons (Fsp3) is 0.533. The molecule has 0 radical (unpaired) electrons. The lowest BCUT2D eigenvalue weighted by Crippen LogP contribution is -2.28. The molecular formula is C30H43NO4. The number of benzene rings is 2. The summed E-state index contributed by atoms with van der Waals surface area (Å²) in [6.07, 6.45) is 14.0. The third-order valence-electron chi connectivity index (χ3n) is 6.00. The van der Waals surface area contributed by atoms with E-state index in [9.17, 15) is 9.59 Å². The molecule has 35 heavy (non-hydrogen) atoms. The Kier molecular flexibility index (Phi) is 14.3. The van der Waals surface area contributed by atoms with Gasteiger partial charge < -0.3 is 14.8 Å². The van der Waals surface area contributed by atoms with Crippen molar-refractivity contribution in [3.8, 4) is 11.5 Å². The highest BCUT2D eigenvalue weighted by molar-refractivity contribution is 6.11. The van der Waals surface area contributed by atoms with Crippen LogP contribution >= 0.6 is 0 Å². The lowest BCUT2D eigenvalue weighted by molar-refractivity contribution is 0.103. The van der Waals surface area contributed by atoms with Crippen LogP contribution in [0, 0.1) is 0 Å². The predicted molar refractivity (Wildman–Crippen MR) is 143 cm³/mol. The topological polar surface area (TPSA) is 64.6 Å². The first-order valence-corrected chi connectivity index (χ1v) is 13.5. The van der Waals surface area contributed by atoms with E-state index in [1.807, 2.05) is 18.2 Å². The van der Waals surface area contributed by atoms with E-state index in [4.69, 9.17) is 9.47 Å². The van der Waals surface area contributed by atoms with Gasteiger partial charge in [0.05, 0.1) is 12.2 Å². The van der Waals surface area contributed by atoms with Gasteiger partial charge in [-0.2, -0.15) is 0 Å². The van der Waals surface area contributed by atoms with Crippen LogP contribution in [0.2, 0.25) is 0 Å². The standard InChI is InChI=1S/C30H43NO4/c1-3-5-7-8-9-10-11-12-13-17-23-34-26-20-21-28(35-30(33)31-22-6-4-2)27(24-26)29(32)25-18-15-14-16-19-25/h14-16,18-21,24H,3-13,17,22-23H2,1-2H3,(H,31,33). The number of carbonyl (C=O) groups is 2. The molecule has 2 aromatic carbocycles. The Morgan fingerprint density at radius 2 is 1.37 bits per heavy atom. The lowest BCUT2D eigenvalue weighted by atomic mass is 10.0. The van der Waals surface area contributed by atoms with Gasteiger partial charge in [0.2, 0.25) is 0 Å². The minimum Gasteiger partial charge on any atom is -0.494 e. The van der Waals surface area contributed by atoms with Crippen LogP contribution in [0.5, 0.6) is 11.5 Å². The Balaban J connectivity index is 1.88. The van der Waals surface area contributed by atoms with E-state index in [1.54, 1.807) is 30.3 Å². The molecule has 2 aromatic rings. The fourth-order valence-electron chi connectivity index (χ4n) is 3.89. The van der Waals surface area contributed by atoms with Gasteiger partial charge >= 0.3 is 6.09 Å². The van der Waals surface area contributed by atoms with Crippen molar-refractivity contribution in [2.45, 2.75) is 90.9 Å². The summed E-state index contributed by atoms with van der Waals surface area (Å²) < 4.78 is 11.4. The summed E-state index contributed by atoms with van der Waals surface area (Å²) in [5.41, 5.74) is 0.859. The molecule has 0 fully saturated rings. The van der Waals surface area contributed by atoms with Crippen molar-refractivity contribution in [3.63, 3.8) is 0 Å². The molecule has 0 unspecified atom stereocenters. The average Bonchev–Trinajstić information content (AvgIpc) is 2.88. The summed E-state index contributed by atoms with van der Waals surface area (Å²) in [4.78, 5) is 25.3. The molecule has 5 heteroatoms. The first-order chi connectivity index (χ1) is 17.2. The van der Waals surface area contributed by atoms with E-state index in [2.05, 4.69) is 19.2 Å². The maximum atomic E-state index is 13.2. The number of hydrogen-bond donors (Lipinski definition) is 1. The number of amides is 1. The largest absolute Gasteiger partial charge is 0.494 e. The monoisotopic (exact) mass is 481 g/mol. The number of hydrogen-bond acceptors (Lipinski definition) is 4. The highest BCUT2D eigenvalue weighted by atomic mass is 16.6. The number of carbonyl (C=O) groups excluding carboxylic acids is 2. The van der Waals surface area contributed by atoms with Crippen LogP contribution in [0.25, 0.3) is 0 Å². The second-order valence-corrected chi connectivity index (χ2v) is 9.05. The quantitative estimate of drug-likeness (QED) is 0.172. The highest BCUT2D eigenvalue weighted by Crippen LogP contribution is 2.27. The van der Waals surface area contributed by atoms with Gasteiger partial charge in [0.1, 0.15) is 11.5 Å². The van der Waals surface area contributed by atoms with Gasteiger partial charge in [-0.05, 0) is 31.0 Å². The minimum atomic E-state index is -0.556. The van der Waals surface area contributed by atoms with Gasteiger partial charge in [0.15, 0.2) is 5.78 Å². The first-order valence-electron chi connectivity index (χ1n) is 13.5. The summed E-state index contributed by atoms with van der Waals surface area (Å²) in [5, 5.41) is 2.72. The molecule has 2 rings (SSSR count). The van der Waals surface area contributed by atoms with Crippen molar-refractivity contribution in [1.82, 2.24) is 5.32 Å². The van der Waals surface area contributed by atoms with E-state index in [0.717, 1.165) is 25.7 Å². The molecule has 1 amide bonds. The summed E-state index contributed by atoms with van der Waals surface area (Å²) >= 11 is 0. The van der Waals surface area contributed by atoms with Gasteiger partial charge in [-0.1, -0.05) is 108 Å². The Bertz CT molecular complexity index is 866. The van der Waals surface area contributed by atoms with Crippen LogP contribution in [-0.2, 0) is 0 Å². The molecule has 192 valence electrons. The molecule has 0 spiro atoms. The summed E-state index contributed by atoms with van der Waals surface area (Å²) in [6, 6.07) is 14.1. The van der Waals surface area contributed by atoms with E-state index < -0.39 is 6.09 Å². The first kappa shape index (κ1) is 28.4. The van der Waals surface area contributed by atoms with Crippen LogP contribution in [0.1, 0.15) is 107 Å². The third-order valence-corrected chi connectivity index (χ3v) is 6.00. The maximum absolute atomic E-state index is 13.2. The number of ether oxygens (including phenoxy) is 2. The zero-order valence-corrected chi connectivity index (χ0v) is 21.7. The van der Waals surface area contributed by atoms with Crippen molar-refractivity contribution in [1.29, 1.82) is 0 Å². The molecule has 0 bridgehead atoms. The molecule has 0 heterocycles. The smallest absolute Gasteiger partial charge is 0.412 e. The van der Waals surface area contributed by atoms with E-state index in [1.165, 1.54) is 51.4 Å². The van der Waals surface area contributed by atoms with Crippen LogP contribution < -0.4 is 14.8 Å². The SMILES string of the molecule is CCCCCCCCCCCCOc1ccc(OC(=O)NCCCC)c(C(=O)c2ccccc2)c1. The molecule has 5 nitrogen and oxygen atoms in total. The number of unbranched alkanes of at least 4 members (excludes halogenated alkanes) is 10. The Morgan fingerprint density at radius 3 is 2.03 bits per heavy atom. The van der Waals surface area contributed by atoms with Crippen LogP contribution in [-0.4, -0.2) is 25.0 Å². The number of ketones is 1. The molecule has 0 atom stereocenters. The molecule has 0 aromatic heterocycles. The Labute approximate surface area is 211 Å². The van der Waals surface area contributed by atoms with E-state index >= 15 is 0 Å². The van der Waals surface area contributed by atoms with Crippen molar-refractivity contribution in [2.24, 2.45) is 0 Å². The second kappa shape index (κ2) is 17.6. The lowest BCUT2D eigenvalue weighted by Gasteiger charge is -2.13. The van der Waals surface area contributed by atoms with Gasteiger partial charge in [-0.15, -0.1) is 0 Å². The molecule has 0 aliphatic carbocycles. The Morgan fingerprint density at radius 1 is 0.743 bits per heavy atom. The zero-order valence-electron chi connectivity index (χ0n) is 21.7. The highest BCUT2D eigenvalue weighted by Gasteiger charge is 2.18. The molecule has 0 aliphatic rings. The van der Waals surface area contributed by atoms with Crippen molar-refractivity contribution in [3.05, 3.63) is 59.7 Å². The molecule has 0 aliphatic heterocycles. The minimum absolute atomic E-state index is 0.202. The van der Waals surface area contributed by atoms with Gasteiger partial charge in [-0.25, -0.2) is 4.79 Å². The van der Waals surface area contributed by atoms with Crippen molar-refractivity contribution in [2.75, 3.05) is 13.2 Å². The number of nitrogens with one attached hydrogen (secondary N) is 1. The van der Waals surface area contributed by atoms with E-state index in [0.29, 0.717) is 30.0 Å². The van der Waals surface area contributed by atoms with Crippen LogP contribution in [0.15, 0.2) is 48.5 Å². The predicted octanol–water partition coefficient (Wildman–Crippen LogP) is 8.11. The van der Waals surface area contributed by atoms with Gasteiger partial charge in [-0.3, -0.25) is 4.79 Å². The van der Waals surface area contributed by atoms with E-state index in [-0.39, 0.29) is 11.5 Å². The van der Waals surface area contributed by atoms with Crippen LogP contribution in [0.3, 0.4) is 0 Å². The summed E-state index contributed by atoms with van der Waals surface area (Å²) in [5.74, 6) is 0.643. The summed E-state index contributed by atoms with van der Waals surface area (Å²) in [6.45, 7) is 5.45. The summed E-state index contributed by atoms with van der Waals surface area (Å²) in [7, 11) is 0. The zero-order chi connectivity index (χ0) is 25.1. The maximum Gasteiger partial charge on any atom is 0.412 e. The van der Waals surface area contributed by atoms with Crippen molar-refractivity contribution >= 4 is 11.9 Å². The molecule has 0 saturated heterocycles. The normalized spacial score (nSPS) is 10.7. The van der Waals surface area contributed by atoms with Gasteiger partial charge in [0.25, 0.3) is 0 Å². The third kappa shape index (κ3) is 11.4. The Hall–Kier alpha value is -2.82. The fourth-order valence-corrected chi connectivity index (χ4v) is 3.89. The molecular weight excluding hydrogens is 438 g/mol. The second-order valence-electron chi connectivity index (χ2n) is 9.05. The van der Waals surface area contributed by atoms with Gasteiger partial charge in [0, 0.05) is 12.1 Å². The van der Waals surface area contributed by atoms with Crippen LogP contribution in [0.4, 0.5) is 4.79 Å². The average molecular weight is 482 g/mol. The number of rotatable bonds is 18. The van der Waals surface area contributed by atoms with Crippen molar-refractivity contribution < 1.29 is 19.1 Å².